The molecule has 3 rings (SSSR count). The van der Waals surface area contributed by atoms with Crippen LogP contribution in [0.5, 0.6) is 0 Å². The molecule has 1 amide bonds. The van der Waals surface area contributed by atoms with Crippen molar-refractivity contribution in [3.8, 4) is 0 Å². The highest BCUT2D eigenvalue weighted by Crippen LogP contribution is 2.24. The number of amides is 1. The van der Waals surface area contributed by atoms with Crippen LogP contribution in [0.4, 0.5) is 17.3 Å². The lowest BCUT2D eigenvalue weighted by Crippen LogP contribution is -2.19. The summed E-state index contributed by atoms with van der Waals surface area (Å²) in [7, 11) is 0. The number of benzene rings is 2. The number of rotatable bonds is 6. The lowest BCUT2D eigenvalue weighted by Gasteiger charge is -2.22. The molecular formula is C21H22N4O. The van der Waals surface area contributed by atoms with Gasteiger partial charge in [-0.3, -0.25) is 4.79 Å². The normalized spacial score (nSPS) is 10.4. The minimum atomic E-state index is -0.107. The largest absolute Gasteiger partial charge is 0.325 e. The van der Waals surface area contributed by atoms with Crippen molar-refractivity contribution in [1.82, 2.24) is 10.2 Å². The van der Waals surface area contributed by atoms with Crippen LogP contribution in [0.2, 0.25) is 0 Å². The molecule has 0 aliphatic heterocycles. The Morgan fingerprint density at radius 2 is 1.81 bits per heavy atom. The molecule has 0 aliphatic rings. The molecule has 1 aromatic heterocycles. The van der Waals surface area contributed by atoms with Gasteiger partial charge in [-0.05, 0) is 49.2 Å². The fourth-order valence-corrected chi connectivity index (χ4v) is 2.78. The number of aryl methyl sites for hydroxylation is 1. The van der Waals surface area contributed by atoms with Gasteiger partial charge in [0.25, 0.3) is 0 Å². The number of anilines is 3. The van der Waals surface area contributed by atoms with Crippen molar-refractivity contribution in [2.24, 2.45) is 0 Å². The zero-order valence-corrected chi connectivity index (χ0v) is 15.0. The van der Waals surface area contributed by atoms with Crippen molar-refractivity contribution >= 4 is 23.2 Å². The second-order valence-corrected chi connectivity index (χ2v) is 6.07. The Balaban J connectivity index is 1.68. The van der Waals surface area contributed by atoms with Crippen molar-refractivity contribution in [2.75, 3.05) is 16.8 Å². The molecule has 26 heavy (non-hydrogen) atoms. The molecule has 0 atom stereocenters. The van der Waals surface area contributed by atoms with Crippen LogP contribution in [-0.2, 0) is 11.2 Å². The van der Waals surface area contributed by atoms with Crippen LogP contribution in [0.3, 0.4) is 0 Å². The number of hydrogen-bond acceptors (Lipinski definition) is 4. The Hall–Kier alpha value is -3.21. The third kappa shape index (κ3) is 4.45. The topological polar surface area (TPSA) is 58.1 Å². The van der Waals surface area contributed by atoms with Crippen LogP contribution in [0.15, 0.2) is 66.7 Å². The van der Waals surface area contributed by atoms with Gasteiger partial charge in [0, 0.05) is 12.2 Å². The first kappa shape index (κ1) is 17.6. The average molecular weight is 346 g/mol. The summed E-state index contributed by atoms with van der Waals surface area (Å²) in [5, 5.41) is 11.2. The highest BCUT2D eigenvalue weighted by Gasteiger charge is 2.11. The molecule has 132 valence electrons. The van der Waals surface area contributed by atoms with Crippen LogP contribution >= 0.6 is 0 Å². The summed E-state index contributed by atoms with van der Waals surface area (Å²) in [6, 6.07) is 21.5. The molecule has 0 radical (unpaired) electrons. The summed E-state index contributed by atoms with van der Waals surface area (Å²) in [5.41, 5.74) is 3.23. The van der Waals surface area contributed by atoms with E-state index in [1.165, 1.54) is 5.56 Å². The summed E-state index contributed by atoms with van der Waals surface area (Å²) >= 11 is 0. The smallest absolute Gasteiger partial charge is 0.229 e. The molecular weight excluding hydrogens is 324 g/mol. The summed E-state index contributed by atoms with van der Waals surface area (Å²) in [4.78, 5) is 14.2. The quantitative estimate of drug-likeness (QED) is 0.729. The number of carbonyl (C=O) groups excluding carboxylic acids is 1. The molecule has 1 N–H and O–H groups in total. The number of aromatic nitrogens is 2. The molecule has 1 heterocycles. The summed E-state index contributed by atoms with van der Waals surface area (Å²) in [5.74, 6) is 1.10. The van der Waals surface area contributed by atoms with Crippen LogP contribution in [0.25, 0.3) is 0 Å². The Morgan fingerprint density at radius 3 is 2.46 bits per heavy atom. The minimum absolute atomic E-state index is 0.107. The molecule has 0 saturated carbocycles. The van der Waals surface area contributed by atoms with E-state index in [4.69, 9.17) is 0 Å². The standard InChI is InChI=1S/C21H22N4O/c1-3-25(18-11-7-8-16(2)14-18)20-13-12-19(23-24-20)22-21(26)15-17-9-5-4-6-10-17/h4-14H,3,15H2,1-2H3,(H,22,23,26). The van der Waals surface area contributed by atoms with E-state index >= 15 is 0 Å². The Kier molecular flexibility index (Phi) is 5.59. The van der Waals surface area contributed by atoms with Crippen molar-refractivity contribution in [1.29, 1.82) is 0 Å². The Morgan fingerprint density at radius 1 is 1.00 bits per heavy atom. The van der Waals surface area contributed by atoms with Gasteiger partial charge >= 0.3 is 0 Å². The maximum atomic E-state index is 12.1. The lowest BCUT2D eigenvalue weighted by atomic mass is 10.1. The molecule has 0 unspecified atom stereocenters. The number of carbonyl (C=O) groups is 1. The van der Waals surface area contributed by atoms with Gasteiger partial charge < -0.3 is 10.2 Å². The highest BCUT2D eigenvalue weighted by atomic mass is 16.1. The van der Waals surface area contributed by atoms with Crippen LogP contribution in [0.1, 0.15) is 18.1 Å². The van der Waals surface area contributed by atoms with Crippen molar-refractivity contribution in [3.63, 3.8) is 0 Å². The van der Waals surface area contributed by atoms with E-state index < -0.39 is 0 Å². The predicted octanol–water partition coefficient (Wildman–Crippen LogP) is 4.12. The predicted molar refractivity (Wildman–Crippen MR) is 105 cm³/mol. The van der Waals surface area contributed by atoms with Gasteiger partial charge in [0.1, 0.15) is 0 Å². The molecule has 5 heteroatoms. The number of nitrogens with zero attached hydrogens (tertiary/aromatic N) is 3. The molecule has 0 fully saturated rings. The summed E-state index contributed by atoms with van der Waals surface area (Å²) in [6.45, 7) is 4.91. The first-order valence-electron chi connectivity index (χ1n) is 8.67. The van der Waals surface area contributed by atoms with Gasteiger partial charge in [-0.25, -0.2) is 0 Å². The highest BCUT2D eigenvalue weighted by molar-refractivity contribution is 5.91. The second kappa shape index (κ2) is 8.25. The van der Waals surface area contributed by atoms with Gasteiger partial charge in [-0.1, -0.05) is 42.5 Å². The average Bonchev–Trinajstić information content (AvgIpc) is 2.64. The van der Waals surface area contributed by atoms with Crippen molar-refractivity contribution < 1.29 is 4.79 Å². The van der Waals surface area contributed by atoms with E-state index in [1.54, 1.807) is 6.07 Å². The fraction of sp³-hybridized carbons (Fsp3) is 0.190. The van der Waals surface area contributed by atoms with Gasteiger partial charge in [-0.15, -0.1) is 10.2 Å². The third-order valence-corrected chi connectivity index (χ3v) is 4.03. The monoisotopic (exact) mass is 346 g/mol. The van der Waals surface area contributed by atoms with Crippen molar-refractivity contribution in [3.05, 3.63) is 77.9 Å². The van der Waals surface area contributed by atoms with Gasteiger partial charge in [-0.2, -0.15) is 0 Å². The van der Waals surface area contributed by atoms with E-state index in [2.05, 4.69) is 46.4 Å². The van der Waals surface area contributed by atoms with Gasteiger partial charge in [0.2, 0.25) is 5.91 Å². The van der Waals surface area contributed by atoms with Crippen molar-refractivity contribution in [2.45, 2.75) is 20.3 Å². The molecule has 5 nitrogen and oxygen atoms in total. The maximum absolute atomic E-state index is 12.1. The maximum Gasteiger partial charge on any atom is 0.229 e. The van der Waals surface area contributed by atoms with E-state index in [0.29, 0.717) is 12.2 Å². The Labute approximate surface area is 153 Å². The first-order valence-corrected chi connectivity index (χ1v) is 8.67. The molecule has 0 aliphatic carbocycles. The Bertz CT molecular complexity index is 863. The first-order chi connectivity index (χ1) is 12.7. The molecule has 3 aromatic rings. The van der Waals surface area contributed by atoms with Gasteiger partial charge in [0.05, 0.1) is 6.42 Å². The van der Waals surface area contributed by atoms with Crippen LogP contribution < -0.4 is 10.2 Å². The van der Waals surface area contributed by atoms with Crippen LogP contribution in [0, 0.1) is 6.92 Å². The van der Waals surface area contributed by atoms with E-state index in [-0.39, 0.29) is 5.91 Å². The minimum Gasteiger partial charge on any atom is -0.325 e. The van der Waals surface area contributed by atoms with E-state index in [1.807, 2.05) is 48.5 Å². The van der Waals surface area contributed by atoms with Gasteiger partial charge in [0.15, 0.2) is 11.6 Å². The zero-order valence-electron chi connectivity index (χ0n) is 15.0. The lowest BCUT2D eigenvalue weighted by molar-refractivity contribution is -0.115. The molecule has 0 bridgehead atoms. The third-order valence-electron chi connectivity index (χ3n) is 4.03. The summed E-state index contributed by atoms with van der Waals surface area (Å²) < 4.78 is 0. The molecule has 0 saturated heterocycles. The molecule has 2 aromatic carbocycles. The van der Waals surface area contributed by atoms with E-state index in [9.17, 15) is 4.79 Å². The zero-order chi connectivity index (χ0) is 18.4. The summed E-state index contributed by atoms with van der Waals surface area (Å²) in [6.07, 6.45) is 0.314. The second-order valence-electron chi connectivity index (χ2n) is 6.07. The van der Waals surface area contributed by atoms with Crippen LogP contribution in [-0.4, -0.2) is 22.6 Å². The fourth-order valence-electron chi connectivity index (χ4n) is 2.78. The molecule has 0 spiro atoms. The SMILES string of the molecule is CCN(c1cccc(C)c1)c1ccc(NC(=O)Cc2ccccc2)nn1. The van der Waals surface area contributed by atoms with E-state index in [0.717, 1.165) is 23.6 Å². The number of nitrogens with one attached hydrogen (secondary N) is 1. The number of hydrogen-bond donors (Lipinski definition) is 1.